The normalized spacial score (nSPS) is 9.33. The monoisotopic (exact) mass is 170 g/mol. The van der Waals surface area contributed by atoms with Crippen molar-refractivity contribution in [1.29, 1.82) is 0 Å². The number of nitro groups is 2. The molecule has 1 aromatic heterocycles. The van der Waals surface area contributed by atoms with Gasteiger partial charge in [-0.05, 0) is 19.8 Å². The molecule has 0 atom stereocenters. The quantitative estimate of drug-likeness (QED) is 0.465. The molecule has 0 amide bonds. The summed E-state index contributed by atoms with van der Waals surface area (Å²) in [6.45, 7) is 0. The third-order valence-corrected chi connectivity index (χ3v) is 1.01. The third kappa shape index (κ3) is 1.31. The molecule has 1 rings (SSSR count). The van der Waals surface area contributed by atoms with E-state index in [-0.39, 0.29) is 0 Å². The molecule has 8 nitrogen and oxygen atoms in total. The molecule has 1 heterocycles. The van der Waals surface area contributed by atoms with E-state index in [1.54, 1.807) is 0 Å². The molecule has 0 aromatic carbocycles. The Balaban J connectivity index is 3.27. The van der Waals surface area contributed by atoms with Gasteiger partial charge in [0.05, 0.1) is 0 Å². The van der Waals surface area contributed by atoms with Crippen molar-refractivity contribution in [2.75, 3.05) is 0 Å². The van der Waals surface area contributed by atoms with Crippen LogP contribution in [0.2, 0.25) is 0 Å². The lowest BCUT2D eigenvalue weighted by atomic mass is 10.6. The topological polar surface area (TPSA) is 112 Å². The first-order chi connectivity index (χ1) is 5.63. The third-order valence-electron chi connectivity index (χ3n) is 1.01. The SMILES string of the molecule is O=[N+]([O-])c1nccnc1[N+](=O)[O-]. The van der Waals surface area contributed by atoms with E-state index in [1.165, 1.54) is 0 Å². The summed E-state index contributed by atoms with van der Waals surface area (Å²) < 4.78 is 0. The Morgan fingerprint density at radius 2 is 1.33 bits per heavy atom. The molecule has 0 aliphatic heterocycles. The molecule has 0 saturated heterocycles. The van der Waals surface area contributed by atoms with E-state index in [4.69, 9.17) is 0 Å². The summed E-state index contributed by atoms with van der Waals surface area (Å²) in [6.07, 6.45) is 2.04. The van der Waals surface area contributed by atoms with Crippen molar-refractivity contribution in [3.63, 3.8) is 0 Å². The van der Waals surface area contributed by atoms with Gasteiger partial charge in [-0.3, -0.25) is 0 Å². The Kier molecular flexibility index (Phi) is 1.90. The predicted octanol–water partition coefficient (Wildman–Crippen LogP) is 0.293. The molecular weight excluding hydrogens is 168 g/mol. The Hall–Kier alpha value is -2.12. The van der Waals surface area contributed by atoms with E-state index < -0.39 is 21.5 Å². The summed E-state index contributed by atoms with van der Waals surface area (Å²) in [7, 11) is 0. The zero-order valence-corrected chi connectivity index (χ0v) is 5.58. The molecule has 0 aliphatic carbocycles. The highest BCUT2D eigenvalue weighted by Crippen LogP contribution is 2.18. The summed E-state index contributed by atoms with van der Waals surface area (Å²) in [5.41, 5.74) is 0. The van der Waals surface area contributed by atoms with E-state index in [9.17, 15) is 20.2 Å². The Morgan fingerprint density at radius 1 is 1.00 bits per heavy atom. The van der Waals surface area contributed by atoms with Crippen LogP contribution >= 0.6 is 0 Å². The van der Waals surface area contributed by atoms with Gasteiger partial charge in [0, 0.05) is 0 Å². The van der Waals surface area contributed by atoms with Crippen LogP contribution in [0.15, 0.2) is 12.4 Å². The van der Waals surface area contributed by atoms with Crippen molar-refractivity contribution in [3.8, 4) is 0 Å². The van der Waals surface area contributed by atoms with Crippen molar-refractivity contribution in [1.82, 2.24) is 9.97 Å². The van der Waals surface area contributed by atoms with Gasteiger partial charge in [0.25, 0.3) is 0 Å². The summed E-state index contributed by atoms with van der Waals surface area (Å²) in [5.74, 6) is -1.69. The number of hydrogen-bond donors (Lipinski definition) is 0. The summed E-state index contributed by atoms with van der Waals surface area (Å²) in [6, 6.07) is 0. The highest BCUT2D eigenvalue weighted by Gasteiger charge is 2.26. The van der Waals surface area contributed by atoms with Gasteiger partial charge in [0.15, 0.2) is 12.4 Å². The molecular formula is C4H2N4O4. The molecule has 0 saturated carbocycles. The molecule has 0 fully saturated rings. The molecule has 8 heteroatoms. The van der Waals surface area contributed by atoms with Crippen LogP contribution in [0, 0.1) is 20.2 Å². The zero-order valence-electron chi connectivity index (χ0n) is 5.58. The smallest absolute Gasteiger partial charge is 0.358 e. The van der Waals surface area contributed by atoms with Crippen LogP contribution in [0.1, 0.15) is 0 Å². The lowest BCUT2D eigenvalue weighted by Crippen LogP contribution is -2.00. The van der Waals surface area contributed by atoms with Crippen LogP contribution in [-0.4, -0.2) is 19.8 Å². The van der Waals surface area contributed by atoms with Gasteiger partial charge in [-0.1, -0.05) is 0 Å². The first-order valence-electron chi connectivity index (χ1n) is 2.72. The molecule has 0 spiro atoms. The van der Waals surface area contributed by atoms with E-state index >= 15 is 0 Å². The van der Waals surface area contributed by atoms with Crippen LogP contribution in [0.3, 0.4) is 0 Å². The predicted molar refractivity (Wildman–Crippen MR) is 35.3 cm³/mol. The minimum absolute atomic E-state index is 0.845. The number of hydrogen-bond acceptors (Lipinski definition) is 6. The second-order valence-electron chi connectivity index (χ2n) is 1.72. The fourth-order valence-corrected chi connectivity index (χ4v) is 0.581. The average Bonchev–Trinajstić information content (AvgIpc) is 2.04. The molecule has 0 bridgehead atoms. The first kappa shape index (κ1) is 7.98. The van der Waals surface area contributed by atoms with Crippen LogP contribution in [-0.2, 0) is 0 Å². The van der Waals surface area contributed by atoms with Crippen molar-refractivity contribution >= 4 is 11.6 Å². The van der Waals surface area contributed by atoms with E-state index in [0.717, 1.165) is 12.4 Å². The van der Waals surface area contributed by atoms with Crippen LogP contribution < -0.4 is 0 Å². The average molecular weight is 170 g/mol. The van der Waals surface area contributed by atoms with Crippen LogP contribution in [0.5, 0.6) is 0 Å². The maximum absolute atomic E-state index is 10.1. The van der Waals surface area contributed by atoms with Gasteiger partial charge in [0.2, 0.25) is 0 Å². The standard InChI is InChI=1S/C4H2N4O4/c9-7(10)3-4(8(11)12)6-2-1-5-3/h1-2H. The van der Waals surface area contributed by atoms with Crippen LogP contribution in [0.4, 0.5) is 11.6 Å². The zero-order chi connectivity index (χ0) is 9.14. The lowest BCUT2D eigenvalue weighted by Gasteiger charge is -1.91. The van der Waals surface area contributed by atoms with Crippen molar-refractivity contribution in [2.45, 2.75) is 0 Å². The van der Waals surface area contributed by atoms with E-state index in [0.29, 0.717) is 0 Å². The van der Waals surface area contributed by atoms with Gasteiger partial charge in [-0.15, -0.1) is 0 Å². The second kappa shape index (κ2) is 2.86. The molecule has 0 aliphatic rings. The van der Waals surface area contributed by atoms with Crippen molar-refractivity contribution in [3.05, 3.63) is 32.6 Å². The summed E-state index contributed by atoms with van der Waals surface area (Å²) in [4.78, 5) is 24.7. The van der Waals surface area contributed by atoms with Crippen molar-refractivity contribution in [2.24, 2.45) is 0 Å². The van der Waals surface area contributed by atoms with E-state index in [1.807, 2.05) is 0 Å². The Bertz CT molecular complexity index is 305. The minimum atomic E-state index is -0.953. The lowest BCUT2D eigenvalue weighted by molar-refractivity contribution is -0.428. The fourth-order valence-electron chi connectivity index (χ4n) is 0.581. The first-order valence-corrected chi connectivity index (χ1v) is 2.72. The van der Waals surface area contributed by atoms with Gasteiger partial charge in [-0.25, -0.2) is 0 Å². The second-order valence-corrected chi connectivity index (χ2v) is 1.72. The largest absolute Gasteiger partial charge is 0.463 e. The maximum Gasteiger partial charge on any atom is 0.463 e. The van der Waals surface area contributed by atoms with Gasteiger partial charge in [0.1, 0.15) is 0 Å². The fraction of sp³-hybridized carbons (Fsp3) is 0. The minimum Gasteiger partial charge on any atom is -0.358 e. The summed E-state index contributed by atoms with van der Waals surface area (Å²) in [5, 5.41) is 20.2. The molecule has 0 unspecified atom stereocenters. The molecule has 62 valence electrons. The molecule has 12 heavy (non-hydrogen) atoms. The Morgan fingerprint density at radius 3 is 1.58 bits per heavy atom. The number of nitrogens with zero attached hydrogens (tertiary/aromatic N) is 4. The van der Waals surface area contributed by atoms with Gasteiger partial charge in [-0.2, -0.15) is 0 Å². The van der Waals surface area contributed by atoms with Gasteiger partial charge < -0.3 is 20.2 Å². The Labute approximate surface area is 65.2 Å². The number of aromatic nitrogens is 2. The molecule has 0 N–H and O–H groups in total. The molecule has 1 aromatic rings. The number of rotatable bonds is 2. The summed E-state index contributed by atoms with van der Waals surface area (Å²) >= 11 is 0. The maximum atomic E-state index is 10.1. The van der Waals surface area contributed by atoms with Crippen molar-refractivity contribution < 1.29 is 9.85 Å². The van der Waals surface area contributed by atoms with Gasteiger partial charge >= 0.3 is 11.6 Å². The van der Waals surface area contributed by atoms with Crippen LogP contribution in [0.25, 0.3) is 0 Å². The molecule has 0 radical (unpaired) electrons. The van der Waals surface area contributed by atoms with E-state index in [2.05, 4.69) is 9.97 Å². The highest BCUT2D eigenvalue weighted by molar-refractivity contribution is 5.37. The highest BCUT2D eigenvalue weighted by atomic mass is 16.6.